The first-order chi connectivity index (χ1) is 13.7. The highest BCUT2D eigenvalue weighted by atomic mass is 32.2. The summed E-state index contributed by atoms with van der Waals surface area (Å²) in [6.07, 6.45) is -0.332. The minimum Gasteiger partial charge on any atom is -0.378 e. The van der Waals surface area contributed by atoms with Gasteiger partial charge in [-0.05, 0) is 63.1 Å². The minimum atomic E-state index is -3.68. The van der Waals surface area contributed by atoms with Crippen LogP contribution < -0.4 is 5.32 Å². The SMILES string of the molecule is Cc1ccc(NCC(=O)c2cccc(S(=O)(=O)N3CC(C)OC(C)C3)c2)cc1C. The molecule has 0 aliphatic carbocycles. The molecule has 29 heavy (non-hydrogen) atoms. The fourth-order valence-corrected chi connectivity index (χ4v) is 5.08. The first-order valence-electron chi connectivity index (χ1n) is 9.77. The van der Waals surface area contributed by atoms with E-state index < -0.39 is 10.0 Å². The molecule has 7 heteroatoms. The normalized spacial score (nSPS) is 20.4. The molecule has 6 nitrogen and oxygen atoms in total. The fraction of sp³-hybridized carbons (Fsp3) is 0.409. The predicted molar refractivity (Wildman–Crippen MR) is 114 cm³/mol. The molecular formula is C22H28N2O4S. The van der Waals surface area contributed by atoms with Crippen molar-refractivity contribution in [1.82, 2.24) is 4.31 Å². The lowest BCUT2D eigenvalue weighted by Crippen LogP contribution is -2.48. The summed E-state index contributed by atoms with van der Waals surface area (Å²) in [5.74, 6) is -0.163. The predicted octanol–water partition coefficient (Wildman–Crippen LogP) is 3.40. The van der Waals surface area contributed by atoms with Gasteiger partial charge in [0, 0.05) is 24.3 Å². The Morgan fingerprint density at radius 3 is 2.41 bits per heavy atom. The van der Waals surface area contributed by atoms with E-state index in [-0.39, 0.29) is 29.4 Å². The summed E-state index contributed by atoms with van der Waals surface area (Å²) in [5.41, 5.74) is 3.56. The summed E-state index contributed by atoms with van der Waals surface area (Å²) in [7, 11) is -3.68. The number of ether oxygens (including phenoxy) is 1. The van der Waals surface area contributed by atoms with Crippen molar-refractivity contribution >= 4 is 21.5 Å². The highest BCUT2D eigenvalue weighted by Crippen LogP contribution is 2.22. The van der Waals surface area contributed by atoms with Crippen LogP contribution in [0.1, 0.15) is 35.3 Å². The van der Waals surface area contributed by atoms with Crippen LogP contribution in [0.25, 0.3) is 0 Å². The molecule has 2 aromatic carbocycles. The zero-order valence-corrected chi connectivity index (χ0v) is 18.1. The summed E-state index contributed by atoms with van der Waals surface area (Å²) in [6, 6.07) is 12.2. The second-order valence-corrected chi connectivity index (χ2v) is 9.62. The Kier molecular flexibility index (Phi) is 6.41. The van der Waals surface area contributed by atoms with Gasteiger partial charge in [0.2, 0.25) is 10.0 Å². The lowest BCUT2D eigenvalue weighted by atomic mass is 10.1. The van der Waals surface area contributed by atoms with Crippen molar-refractivity contribution in [3.05, 3.63) is 59.2 Å². The minimum absolute atomic E-state index is 0.0949. The van der Waals surface area contributed by atoms with Crippen LogP contribution in [-0.4, -0.2) is 50.3 Å². The molecule has 3 rings (SSSR count). The number of aryl methyl sites for hydroxylation is 2. The van der Waals surface area contributed by atoms with Crippen LogP contribution in [-0.2, 0) is 14.8 Å². The van der Waals surface area contributed by atoms with E-state index in [1.807, 2.05) is 45.9 Å². The molecule has 1 N–H and O–H groups in total. The number of hydrogen-bond acceptors (Lipinski definition) is 5. The molecule has 1 aliphatic heterocycles. The van der Waals surface area contributed by atoms with E-state index in [0.29, 0.717) is 18.7 Å². The number of benzene rings is 2. The number of nitrogens with zero attached hydrogens (tertiary/aromatic N) is 1. The lowest BCUT2D eigenvalue weighted by Gasteiger charge is -2.34. The molecule has 1 fully saturated rings. The Morgan fingerprint density at radius 2 is 1.76 bits per heavy atom. The van der Waals surface area contributed by atoms with Crippen LogP contribution in [0, 0.1) is 13.8 Å². The molecule has 1 heterocycles. The molecule has 0 amide bonds. The van der Waals surface area contributed by atoms with Crippen molar-refractivity contribution in [2.45, 2.75) is 44.8 Å². The van der Waals surface area contributed by atoms with Gasteiger partial charge in [0.1, 0.15) is 0 Å². The van der Waals surface area contributed by atoms with Gasteiger partial charge in [0.25, 0.3) is 0 Å². The van der Waals surface area contributed by atoms with E-state index in [4.69, 9.17) is 4.74 Å². The van der Waals surface area contributed by atoms with Crippen LogP contribution in [0.15, 0.2) is 47.4 Å². The summed E-state index contributed by atoms with van der Waals surface area (Å²) < 4.78 is 33.2. The Hall–Kier alpha value is -2.22. The third-order valence-corrected chi connectivity index (χ3v) is 6.97. The van der Waals surface area contributed by atoms with Gasteiger partial charge in [-0.15, -0.1) is 0 Å². The van der Waals surface area contributed by atoms with E-state index in [1.165, 1.54) is 22.0 Å². The number of ketones is 1. The molecule has 1 aliphatic rings. The van der Waals surface area contributed by atoms with Crippen molar-refractivity contribution in [1.29, 1.82) is 0 Å². The van der Waals surface area contributed by atoms with Gasteiger partial charge in [-0.3, -0.25) is 4.79 Å². The van der Waals surface area contributed by atoms with Crippen molar-refractivity contribution in [2.75, 3.05) is 25.0 Å². The topological polar surface area (TPSA) is 75.7 Å². The average molecular weight is 417 g/mol. The Balaban J connectivity index is 1.74. The number of anilines is 1. The maximum atomic E-state index is 13.0. The van der Waals surface area contributed by atoms with Crippen LogP contribution in [0.5, 0.6) is 0 Å². The van der Waals surface area contributed by atoms with Crippen LogP contribution in [0.2, 0.25) is 0 Å². The van der Waals surface area contributed by atoms with Gasteiger partial charge >= 0.3 is 0 Å². The Bertz CT molecular complexity index is 994. The fourth-order valence-electron chi connectivity index (χ4n) is 3.44. The van der Waals surface area contributed by atoms with E-state index >= 15 is 0 Å². The van der Waals surface area contributed by atoms with E-state index in [2.05, 4.69) is 5.32 Å². The highest BCUT2D eigenvalue weighted by Gasteiger charge is 2.32. The first-order valence-corrected chi connectivity index (χ1v) is 11.2. The van der Waals surface area contributed by atoms with Crippen LogP contribution in [0.4, 0.5) is 5.69 Å². The summed E-state index contributed by atoms with van der Waals surface area (Å²) in [5, 5.41) is 3.12. The molecule has 2 atom stereocenters. The maximum Gasteiger partial charge on any atom is 0.243 e. The van der Waals surface area contributed by atoms with Crippen molar-refractivity contribution in [3.8, 4) is 0 Å². The number of morpholine rings is 1. The zero-order valence-electron chi connectivity index (χ0n) is 17.3. The maximum absolute atomic E-state index is 13.0. The molecule has 1 saturated heterocycles. The Morgan fingerprint density at radius 1 is 1.07 bits per heavy atom. The molecule has 2 aromatic rings. The van der Waals surface area contributed by atoms with Crippen molar-refractivity contribution in [2.24, 2.45) is 0 Å². The second-order valence-electron chi connectivity index (χ2n) is 7.68. The van der Waals surface area contributed by atoms with Gasteiger partial charge in [-0.2, -0.15) is 4.31 Å². The number of sulfonamides is 1. The average Bonchev–Trinajstić information content (AvgIpc) is 2.68. The zero-order chi connectivity index (χ0) is 21.2. The molecule has 0 aromatic heterocycles. The third kappa shape index (κ3) is 5.04. The first kappa shape index (κ1) is 21.5. The smallest absolute Gasteiger partial charge is 0.243 e. The molecule has 156 valence electrons. The molecule has 0 bridgehead atoms. The standard InChI is InChI=1S/C22H28N2O4S/c1-15-8-9-20(10-16(15)2)23-12-22(25)19-6-5-7-21(11-19)29(26,27)24-13-17(3)28-18(4)14-24/h5-11,17-18,23H,12-14H2,1-4H3. The van der Waals surface area contributed by atoms with E-state index in [9.17, 15) is 13.2 Å². The van der Waals surface area contributed by atoms with Gasteiger partial charge in [-0.25, -0.2) is 8.42 Å². The summed E-state index contributed by atoms with van der Waals surface area (Å²) in [6.45, 7) is 8.47. The molecule has 2 unspecified atom stereocenters. The quantitative estimate of drug-likeness (QED) is 0.731. The molecule has 0 radical (unpaired) electrons. The Labute approximate surface area is 172 Å². The van der Waals surface area contributed by atoms with Gasteiger partial charge in [0.15, 0.2) is 5.78 Å². The summed E-state index contributed by atoms with van der Waals surface area (Å²) >= 11 is 0. The monoisotopic (exact) mass is 416 g/mol. The van der Waals surface area contributed by atoms with Gasteiger partial charge in [0.05, 0.1) is 23.6 Å². The number of carbonyl (C=O) groups excluding carboxylic acids is 1. The number of Topliss-reactive ketones (excluding diaryl/α,β-unsaturated/α-hetero) is 1. The number of hydrogen-bond donors (Lipinski definition) is 1. The molecular weight excluding hydrogens is 388 g/mol. The largest absolute Gasteiger partial charge is 0.378 e. The second kappa shape index (κ2) is 8.65. The van der Waals surface area contributed by atoms with Gasteiger partial charge < -0.3 is 10.1 Å². The third-order valence-electron chi connectivity index (χ3n) is 5.14. The highest BCUT2D eigenvalue weighted by molar-refractivity contribution is 7.89. The lowest BCUT2D eigenvalue weighted by molar-refractivity contribution is -0.0440. The molecule has 0 saturated carbocycles. The van der Waals surface area contributed by atoms with E-state index in [0.717, 1.165) is 11.3 Å². The number of carbonyl (C=O) groups is 1. The number of nitrogens with one attached hydrogen (secondary N) is 1. The van der Waals surface area contributed by atoms with E-state index in [1.54, 1.807) is 12.1 Å². The van der Waals surface area contributed by atoms with Gasteiger partial charge in [-0.1, -0.05) is 18.2 Å². The van der Waals surface area contributed by atoms with Crippen molar-refractivity contribution in [3.63, 3.8) is 0 Å². The van der Waals surface area contributed by atoms with Crippen LogP contribution >= 0.6 is 0 Å². The molecule has 0 spiro atoms. The summed E-state index contributed by atoms with van der Waals surface area (Å²) in [4.78, 5) is 12.8. The van der Waals surface area contributed by atoms with Crippen molar-refractivity contribution < 1.29 is 17.9 Å². The number of rotatable bonds is 6. The van der Waals surface area contributed by atoms with Crippen LogP contribution in [0.3, 0.4) is 0 Å².